The summed E-state index contributed by atoms with van der Waals surface area (Å²) in [6.45, 7) is 0. The van der Waals surface area contributed by atoms with Crippen molar-refractivity contribution >= 4 is 16.7 Å². The van der Waals surface area contributed by atoms with Gasteiger partial charge in [-0.15, -0.1) is 0 Å². The Labute approximate surface area is 150 Å². The molecule has 0 radical (unpaired) electrons. The Kier molecular flexibility index (Phi) is 4.23. The molecule has 0 saturated carbocycles. The smallest absolute Gasteiger partial charge is 0.148 e. The van der Waals surface area contributed by atoms with E-state index >= 15 is 0 Å². The van der Waals surface area contributed by atoms with Crippen LogP contribution in [0.4, 0.5) is 10.1 Å². The standard InChI is InChI=1S/C22H16FNO2/c1-25-16-11-12-21-17(13-16)20(24-19-10-6-5-9-18(19)23)14-22(26-21)15-7-3-2-4-8-15/h2-14H,1H3. The first-order chi connectivity index (χ1) is 12.7. The van der Waals surface area contributed by atoms with Crippen molar-refractivity contribution in [3.05, 3.63) is 90.0 Å². The zero-order chi connectivity index (χ0) is 17.9. The first-order valence-corrected chi connectivity index (χ1v) is 8.21. The number of para-hydroxylation sites is 1. The van der Waals surface area contributed by atoms with Crippen molar-refractivity contribution in [2.75, 3.05) is 7.11 Å². The highest BCUT2D eigenvalue weighted by atomic mass is 19.1. The lowest BCUT2D eigenvalue weighted by atomic mass is 10.1. The molecule has 26 heavy (non-hydrogen) atoms. The van der Waals surface area contributed by atoms with Crippen molar-refractivity contribution in [1.82, 2.24) is 0 Å². The minimum absolute atomic E-state index is 0.279. The summed E-state index contributed by atoms with van der Waals surface area (Å²) in [5.74, 6) is 0.981. The molecule has 0 fully saturated rings. The molecule has 0 N–H and O–H groups in total. The number of rotatable bonds is 3. The number of hydrogen-bond donors (Lipinski definition) is 0. The SMILES string of the molecule is COc1ccc2oc(-c3ccccc3)cc(=Nc3ccccc3F)c2c1. The molecular weight excluding hydrogens is 329 g/mol. The van der Waals surface area contributed by atoms with E-state index in [0.717, 1.165) is 10.9 Å². The van der Waals surface area contributed by atoms with Gasteiger partial charge in [0.05, 0.1) is 18.2 Å². The molecular formula is C22H16FNO2. The maximum Gasteiger partial charge on any atom is 0.148 e. The predicted octanol–water partition coefficient (Wildman–Crippen LogP) is 5.48. The van der Waals surface area contributed by atoms with Gasteiger partial charge in [0, 0.05) is 17.0 Å². The number of ether oxygens (including phenoxy) is 1. The summed E-state index contributed by atoms with van der Waals surface area (Å²) in [6.07, 6.45) is 0. The van der Waals surface area contributed by atoms with E-state index in [1.807, 2.05) is 54.6 Å². The largest absolute Gasteiger partial charge is 0.497 e. The number of benzene rings is 3. The fraction of sp³-hybridized carbons (Fsp3) is 0.0455. The molecule has 0 amide bonds. The second-order valence-corrected chi connectivity index (χ2v) is 5.79. The van der Waals surface area contributed by atoms with Crippen molar-refractivity contribution in [3.63, 3.8) is 0 Å². The van der Waals surface area contributed by atoms with Gasteiger partial charge in [-0.3, -0.25) is 0 Å². The number of halogens is 1. The van der Waals surface area contributed by atoms with E-state index < -0.39 is 0 Å². The molecule has 0 aliphatic carbocycles. The summed E-state index contributed by atoms with van der Waals surface area (Å²) < 4.78 is 25.5. The first kappa shape index (κ1) is 16.1. The van der Waals surface area contributed by atoms with E-state index in [0.29, 0.717) is 22.5 Å². The van der Waals surface area contributed by atoms with Crippen LogP contribution in [0.3, 0.4) is 0 Å². The minimum atomic E-state index is -0.370. The minimum Gasteiger partial charge on any atom is -0.497 e. The van der Waals surface area contributed by atoms with E-state index in [-0.39, 0.29) is 11.5 Å². The number of methoxy groups -OCH3 is 1. The highest BCUT2D eigenvalue weighted by molar-refractivity contribution is 5.80. The second-order valence-electron chi connectivity index (χ2n) is 5.79. The average molecular weight is 345 g/mol. The average Bonchev–Trinajstić information content (AvgIpc) is 2.70. The van der Waals surface area contributed by atoms with Gasteiger partial charge in [0.1, 0.15) is 22.9 Å². The summed E-state index contributed by atoms with van der Waals surface area (Å²) in [7, 11) is 1.60. The highest BCUT2D eigenvalue weighted by Gasteiger charge is 2.08. The summed E-state index contributed by atoms with van der Waals surface area (Å²) >= 11 is 0. The van der Waals surface area contributed by atoms with Crippen molar-refractivity contribution < 1.29 is 13.5 Å². The molecule has 1 aromatic heterocycles. The van der Waals surface area contributed by atoms with E-state index in [4.69, 9.17) is 9.15 Å². The molecule has 3 aromatic carbocycles. The van der Waals surface area contributed by atoms with Crippen LogP contribution in [0.5, 0.6) is 5.75 Å². The molecule has 0 aliphatic heterocycles. The Morgan fingerprint density at radius 1 is 0.885 bits per heavy atom. The van der Waals surface area contributed by atoms with Crippen LogP contribution >= 0.6 is 0 Å². The van der Waals surface area contributed by atoms with Crippen LogP contribution in [0.15, 0.2) is 88.3 Å². The van der Waals surface area contributed by atoms with Crippen LogP contribution in [-0.4, -0.2) is 7.11 Å². The Morgan fingerprint density at radius 3 is 2.42 bits per heavy atom. The molecule has 4 heteroatoms. The van der Waals surface area contributed by atoms with Gasteiger partial charge in [0.15, 0.2) is 0 Å². The number of nitrogens with zero attached hydrogens (tertiary/aromatic N) is 1. The summed E-state index contributed by atoms with van der Waals surface area (Å²) in [5.41, 5.74) is 1.86. The van der Waals surface area contributed by atoms with Crippen molar-refractivity contribution in [1.29, 1.82) is 0 Å². The molecule has 0 aliphatic rings. The third-order valence-corrected chi connectivity index (χ3v) is 4.10. The quantitative estimate of drug-likeness (QED) is 0.493. The molecule has 0 unspecified atom stereocenters. The van der Waals surface area contributed by atoms with Crippen molar-refractivity contribution in [3.8, 4) is 17.1 Å². The topological polar surface area (TPSA) is 34.7 Å². The van der Waals surface area contributed by atoms with Gasteiger partial charge in [-0.2, -0.15) is 0 Å². The van der Waals surface area contributed by atoms with Gasteiger partial charge in [-0.25, -0.2) is 9.38 Å². The highest BCUT2D eigenvalue weighted by Crippen LogP contribution is 2.25. The van der Waals surface area contributed by atoms with Gasteiger partial charge in [0.2, 0.25) is 0 Å². The van der Waals surface area contributed by atoms with Crippen LogP contribution in [-0.2, 0) is 0 Å². The number of hydrogen-bond acceptors (Lipinski definition) is 3. The molecule has 1 heterocycles. The molecule has 4 aromatic rings. The van der Waals surface area contributed by atoms with Crippen LogP contribution in [0.1, 0.15) is 0 Å². The number of fused-ring (bicyclic) bond motifs is 1. The van der Waals surface area contributed by atoms with Crippen LogP contribution in [0.25, 0.3) is 22.3 Å². The van der Waals surface area contributed by atoms with Crippen LogP contribution < -0.4 is 10.1 Å². The van der Waals surface area contributed by atoms with Crippen molar-refractivity contribution in [2.24, 2.45) is 4.99 Å². The van der Waals surface area contributed by atoms with E-state index in [2.05, 4.69) is 4.99 Å². The monoisotopic (exact) mass is 345 g/mol. The lowest BCUT2D eigenvalue weighted by Gasteiger charge is -2.07. The normalized spacial score (nSPS) is 11.7. The van der Waals surface area contributed by atoms with E-state index in [1.165, 1.54) is 6.07 Å². The Balaban J connectivity index is 2.03. The summed E-state index contributed by atoms with van der Waals surface area (Å²) in [5, 5.41) is 1.38. The van der Waals surface area contributed by atoms with Gasteiger partial charge >= 0.3 is 0 Å². The first-order valence-electron chi connectivity index (χ1n) is 8.21. The summed E-state index contributed by atoms with van der Waals surface area (Å²) in [6, 6.07) is 23.5. The lowest BCUT2D eigenvalue weighted by molar-refractivity contribution is 0.415. The van der Waals surface area contributed by atoms with Gasteiger partial charge < -0.3 is 9.15 Å². The Hall–Kier alpha value is -3.40. The third kappa shape index (κ3) is 3.09. The third-order valence-electron chi connectivity index (χ3n) is 4.10. The van der Waals surface area contributed by atoms with Gasteiger partial charge in [-0.05, 0) is 30.3 Å². The molecule has 0 bridgehead atoms. The van der Waals surface area contributed by atoms with Gasteiger partial charge in [0.25, 0.3) is 0 Å². The Morgan fingerprint density at radius 2 is 1.65 bits per heavy atom. The fourth-order valence-electron chi connectivity index (χ4n) is 2.78. The predicted molar refractivity (Wildman–Crippen MR) is 99.8 cm³/mol. The zero-order valence-electron chi connectivity index (χ0n) is 14.1. The lowest BCUT2D eigenvalue weighted by Crippen LogP contribution is -2.04. The van der Waals surface area contributed by atoms with Gasteiger partial charge in [-0.1, -0.05) is 42.5 Å². The molecule has 3 nitrogen and oxygen atoms in total. The molecule has 0 saturated heterocycles. The van der Waals surface area contributed by atoms with Crippen molar-refractivity contribution in [2.45, 2.75) is 0 Å². The molecule has 4 rings (SSSR count). The van der Waals surface area contributed by atoms with Crippen LogP contribution in [0.2, 0.25) is 0 Å². The zero-order valence-corrected chi connectivity index (χ0v) is 14.1. The maximum atomic E-state index is 14.1. The fourth-order valence-corrected chi connectivity index (χ4v) is 2.78. The molecule has 0 atom stereocenters. The van der Waals surface area contributed by atoms with E-state index in [1.54, 1.807) is 25.3 Å². The maximum absolute atomic E-state index is 14.1. The van der Waals surface area contributed by atoms with E-state index in [9.17, 15) is 4.39 Å². The second kappa shape index (κ2) is 6.84. The van der Waals surface area contributed by atoms with Crippen LogP contribution in [0, 0.1) is 5.82 Å². The molecule has 0 spiro atoms. The molecule has 128 valence electrons. The summed E-state index contributed by atoms with van der Waals surface area (Å²) in [4.78, 5) is 4.54. The Bertz CT molecular complexity index is 1130.